The summed E-state index contributed by atoms with van der Waals surface area (Å²) in [4.78, 5) is 41.9. The van der Waals surface area contributed by atoms with Crippen LogP contribution in [0.1, 0.15) is 29.2 Å². The van der Waals surface area contributed by atoms with Crippen molar-refractivity contribution in [2.75, 3.05) is 5.75 Å². The molecular formula is C33H27Cl2NO5S. The number of esters is 1. The van der Waals surface area contributed by atoms with Gasteiger partial charge in [-0.2, -0.15) is 0 Å². The highest BCUT2D eigenvalue weighted by Crippen LogP contribution is 2.48. The lowest BCUT2D eigenvalue weighted by Crippen LogP contribution is -2.62. The topological polar surface area (TPSA) is 76.2 Å². The number of benzene rings is 3. The Balaban J connectivity index is 1.27. The van der Waals surface area contributed by atoms with Crippen LogP contribution >= 0.6 is 35.0 Å². The second-order valence-electron chi connectivity index (χ2n) is 10.4. The highest BCUT2D eigenvalue weighted by Gasteiger charge is 2.55. The van der Waals surface area contributed by atoms with Gasteiger partial charge in [-0.3, -0.25) is 14.5 Å². The molecule has 214 valence electrons. The Kier molecular flexibility index (Phi) is 8.28. The monoisotopic (exact) mass is 619 g/mol. The lowest BCUT2D eigenvalue weighted by Gasteiger charge is -2.49. The van der Waals surface area contributed by atoms with Crippen molar-refractivity contribution in [1.82, 2.24) is 4.90 Å². The van der Waals surface area contributed by atoms with E-state index in [9.17, 15) is 14.4 Å². The Morgan fingerprint density at radius 3 is 2.12 bits per heavy atom. The van der Waals surface area contributed by atoms with E-state index in [0.29, 0.717) is 11.3 Å². The number of halogens is 2. The number of nitrogens with zero attached hydrogens (tertiary/aromatic N) is 1. The highest BCUT2D eigenvalue weighted by molar-refractivity contribution is 8.00. The molecule has 3 atom stereocenters. The van der Waals surface area contributed by atoms with Crippen LogP contribution in [0.25, 0.3) is 0 Å². The Hall–Kier alpha value is -3.36. The van der Waals surface area contributed by atoms with E-state index in [-0.39, 0.29) is 35.6 Å². The number of β-lactam (4-membered cyclic amide) rings is 1. The first-order chi connectivity index (χ1) is 20.3. The number of hydrogen-bond donors (Lipinski definition) is 0. The molecule has 0 spiro atoms. The Bertz CT molecular complexity index is 1500. The van der Waals surface area contributed by atoms with Crippen molar-refractivity contribution in [3.63, 3.8) is 0 Å². The zero-order valence-corrected chi connectivity index (χ0v) is 24.7. The normalized spacial score (nSPS) is 22.6. The number of Topliss-reactive ketones (excluding diaryl/α,β-unsaturated/α-hetero) is 1. The minimum atomic E-state index is -1.30. The molecule has 3 aromatic carbocycles. The second-order valence-corrected chi connectivity index (χ2v) is 12.8. The van der Waals surface area contributed by atoms with E-state index in [0.717, 1.165) is 16.7 Å². The molecule has 3 unspecified atom stereocenters. The maximum absolute atomic E-state index is 14.0. The van der Waals surface area contributed by atoms with Gasteiger partial charge in [-0.25, -0.2) is 4.79 Å². The molecule has 2 saturated heterocycles. The fourth-order valence-electron chi connectivity index (χ4n) is 5.27. The molecule has 6 rings (SSSR count). The molecule has 42 heavy (non-hydrogen) atoms. The van der Waals surface area contributed by atoms with Crippen molar-refractivity contribution in [1.29, 1.82) is 0 Å². The predicted molar refractivity (Wildman–Crippen MR) is 163 cm³/mol. The van der Waals surface area contributed by atoms with Gasteiger partial charge in [-0.05, 0) is 28.3 Å². The van der Waals surface area contributed by atoms with Crippen molar-refractivity contribution < 1.29 is 23.9 Å². The molecule has 0 aliphatic carbocycles. The molecule has 0 saturated carbocycles. The standard InChI is InChI=1S/C33H27Cl2NO5S/c34-33(35)27(41-33)17-16-24-20-42-31-26(19-25(37)18-21-10-4-1-5-11-21)30(38)36(31)28(24)32(39)40-29(22-12-6-2-7-13-22)23-14-8-3-9-15-23/h1-17,26-27,29,31H,18-20H2/b17-16+. The largest absolute Gasteiger partial charge is 0.448 e. The van der Waals surface area contributed by atoms with E-state index in [1.807, 2.05) is 91.0 Å². The number of carbonyl (C=O) groups excluding carboxylic acids is 3. The molecule has 9 heteroatoms. The SMILES string of the molecule is O=C(Cc1ccccc1)CC1C(=O)N2C(C(=O)OC(c3ccccc3)c3ccccc3)=C(/C=C/C3OC3(Cl)Cl)CSC12. The third-order valence-electron chi connectivity index (χ3n) is 7.45. The molecule has 3 aromatic rings. The Morgan fingerprint density at radius 2 is 1.55 bits per heavy atom. The molecule has 1 amide bonds. The summed E-state index contributed by atoms with van der Waals surface area (Å²) in [5.41, 5.74) is 3.28. The van der Waals surface area contributed by atoms with Crippen LogP contribution in [-0.2, 0) is 30.3 Å². The van der Waals surface area contributed by atoms with Crippen molar-refractivity contribution in [3.8, 4) is 0 Å². The number of ether oxygens (including phenoxy) is 2. The summed E-state index contributed by atoms with van der Waals surface area (Å²) in [6.07, 6.45) is 2.57. The molecule has 0 N–H and O–H groups in total. The summed E-state index contributed by atoms with van der Waals surface area (Å²) in [6, 6.07) is 28.4. The smallest absolute Gasteiger partial charge is 0.356 e. The average molecular weight is 621 g/mol. The fourth-order valence-corrected chi connectivity index (χ4v) is 7.00. The predicted octanol–water partition coefficient (Wildman–Crippen LogP) is 6.39. The average Bonchev–Trinajstić information content (AvgIpc) is 3.64. The van der Waals surface area contributed by atoms with Crippen LogP contribution in [0.15, 0.2) is 114 Å². The highest BCUT2D eigenvalue weighted by atomic mass is 35.5. The molecular weight excluding hydrogens is 593 g/mol. The van der Waals surface area contributed by atoms with E-state index in [1.54, 1.807) is 12.2 Å². The number of hydrogen-bond acceptors (Lipinski definition) is 6. The summed E-state index contributed by atoms with van der Waals surface area (Å²) >= 11 is 13.6. The summed E-state index contributed by atoms with van der Waals surface area (Å²) in [5.74, 6) is -0.986. The van der Waals surface area contributed by atoms with Gasteiger partial charge in [0.2, 0.25) is 10.4 Å². The number of allylic oxidation sites excluding steroid dienone is 1. The third kappa shape index (κ3) is 6.06. The third-order valence-corrected chi connectivity index (χ3v) is 9.42. The van der Waals surface area contributed by atoms with Gasteiger partial charge in [-0.1, -0.05) is 120 Å². The van der Waals surface area contributed by atoms with Gasteiger partial charge in [0.05, 0.1) is 11.3 Å². The van der Waals surface area contributed by atoms with Gasteiger partial charge >= 0.3 is 5.97 Å². The van der Waals surface area contributed by atoms with E-state index in [1.165, 1.54) is 16.7 Å². The van der Waals surface area contributed by atoms with E-state index in [4.69, 9.17) is 32.7 Å². The van der Waals surface area contributed by atoms with Gasteiger partial charge in [0, 0.05) is 18.6 Å². The summed E-state index contributed by atoms with van der Waals surface area (Å²) < 4.78 is 10.1. The van der Waals surface area contributed by atoms with E-state index >= 15 is 0 Å². The second kappa shape index (κ2) is 12.1. The first-order valence-corrected chi connectivity index (χ1v) is 15.4. The number of ketones is 1. The zero-order valence-electron chi connectivity index (χ0n) is 22.4. The number of alkyl halides is 2. The molecule has 3 aliphatic heterocycles. The van der Waals surface area contributed by atoms with Crippen LogP contribution in [0.3, 0.4) is 0 Å². The lowest BCUT2D eigenvalue weighted by molar-refractivity contribution is -0.157. The van der Waals surface area contributed by atoms with Crippen LogP contribution in [0.2, 0.25) is 0 Å². The van der Waals surface area contributed by atoms with E-state index < -0.39 is 28.6 Å². The van der Waals surface area contributed by atoms with Gasteiger partial charge in [-0.15, -0.1) is 11.8 Å². The minimum absolute atomic E-state index is 0.0155. The number of carbonyl (C=O) groups is 3. The Morgan fingerprint density at radius 1 is 0.976 bits per heavy atom. The maximum Gasteiger partial charge on any atom is 0.356 e. The molecule has 6 nitrogen and oxygen atoms in total. The lowest BCUT2D eigenvalue weighted by atomic mass is 9.89. The van der Waals surface area contributed by atoms with Gasteiger partial charge in [0.25, 0.3) is 0 Å². The van der Waals surface area contributed by atoms with Gasteiger partial charge in [0.1, 0.15) is 17.6 Å². The quantitative estimate of drug-likeness (QED) is 0.113. The van der Waals surface area contributed by atoms with Crippen LogP contribution in [0, 0.1) is 5.92 Å². The molecule has 3 aliphatic rings. The molecule has 2 fully saturated rings. The number of thioether (sulfide) groups is 1. The first-order valence-electron chi connectivity index (χ1n) is 13.6. The van der Waals surface area contributed by atoms with Crippen molar-refractivity contribution in [3.05, 3.63) is 131 Å². The van der Waals surface area contributed by atoms with E-state index in [2.05, 4.69) is 0 Å². The number of fused-ring (bicyclic) bond motifs is 1. The van der Waals surface area contributed by atoms with Crippen LogP contribution in [0.4, 0.5) is 0 Å². The zero-order chi connectivity index (χ0) is 29.3. The van der Waals surface area contributed by atoms with Crippen LogP contribution in [0.5, 0.6) is 0 Å². The first kappa shape index (κ1) is 28.7. The maximum atomic E-state index is 14.0. The summed E-state index contributed by atoms with van der Waals surface area (Å²) in [7, 11) is 0. The molecule has 3 heterocycles. The van der Waals surface area contributed by atoms with Crippen molar-refractivity contribution in [2.45, 2.75) is 34.9 Å². The van der Waals surface area contributed by atoms with Crippen molar-refractivity contribution >= 4 is 52.6 Å². The van der Waals surface area contributed by atoms with Crippen LogP contribution < -0.4 is 0 Å². The van der Waals surface area contributed by atoms with Crippen LogP contribution in [-0.4, -0.2) is 44.3 Å². The number of epoxide rings is 1. The Labute approximate surface area is 258 Å². The fraction of sp³-hybridized carbons (Fsp3) is 0.242. The molecule has 0 radical (unpaired) electrons. The summed E-state index contributed by atoms with van der Waals surface area (Å²) in [5, 5.41) is -0.346. The van der Waals surface area contributed by atoms with Gasteiger partial charge in [0.15, 0.2) is 6.10 Å². The molecule has 0 aromatic heterocycles. The molecule has 0 bridgehead atoms. The number of amides is 1. The van der Waals surface area contributed by atoms with Gasteiger partial charge < -0.3 is 9.47 Å². The minimum Gasteiger partial charge on any atom is -0.448 e. The number of rotatable bonds is 10. The summed E-state index contributed by atoms with van der Waals surface area (Å²) in [6.45, 7) is 0. The van der Waals surface area contributed by atoms with Crippen molar-refractivity contribution in [2.24, 2.45) is 5.92 Å².